The molecule has 0 spiro atoms. The summed E-state index contributed by atoms with van der Waals surface area (Å²) in [6, 6.07) is 9.34. The predicted molar refractivity (Wildman–Crippen MR) is 113 cm³/mol. The smallest absolute Gasteiger partial charge is 0.185 e. The average molecular weight is 406 g/mol. The Bertz CT molecular complexity index is 742. The highest BCUT2D eigenvalue weighted by Crippen LogP contribution is 2.29. The van der Waals surface area contributed by atoms with Gasteiger partial charge in [0.05, 0.1) is 12.7 Å². The fourth-order valence-electron chi connectivity index (χ4n) is 4.26. The number of rotatable bonds is 4. The monoisotopic (exact) mass is 405 g/mol. The lowest BCUT2D eigenvalue weighted by Crippen LogP contribution is -2.56. The van der Waals surface area contributed by atoms with Gasteiger partial charge in [-0.3, -0.25) is 4.90 Å². The molecule has 0 aliphatic carbocycles. The van der Waals surface area contributed by atoms with Gasteiger partial charge in [0.1, 0.15) is 0 Å². The first-order valence-corrected chi connectivity index (χ1v) is 11.1. The number of hydrogen-bond acceptors (Lipinski definition) is 5. The molecule has 0 radical (unpaired) electrons. The van der Waals surface area contributed by atoms with Gasteiger partial charge in [0.25, 0.3) is 0 Å². The standard InChI is InChI=1S/C21H28ClN3OS/c1-15-13-25(20(14-26-15)11-17-3-5-18(22)6-4-17)19-7-9-24(10-8-19)21-23-12-16(2)27-21/h3-6,12,15,19-20H,7-11,13-14H2,1-2H3/t15-,20-/m0/s1. The number of halogens is 1. The van der Waals surface area contributed by atoms with Crippen LogP contribution in [0.2, 0.25) is 5.02 Å². The third kappa shape index (κ3) is 4.65. The van der Waals surface area contributed by atoms with Gasteiger partial charge < -0.3 is 9.64 Å². The topological polar surface area (TPSA) is 28.6 Å². The Kier molecular flexibility index (Phi) is 6.02. The van der Waals surface area contributed by atoms with Crippen LogP contribution < -0.4 is 4.90 Å². The van der Waals surface area contributed by atoms with E-state index in [0.717, 1.165) is 37.7 Å². The molecule has 0 saturated carbocycles. The highest BCUT2D eigenvalue weighted by molar-refractivity contribution is 7.15. The minimum absolute atomic E-state index is 0.311. The molecule has 3 heterocycles. The van der Waals surface area contributed by atoms with Crippen LogP contribution in [0.25, 0.3) is 0 Å². The van der Waals surface area contributed by atoms with Gasteiger partial charge in [-0.2, -0.15) is 0 Å². The second-order valence-corrected chi connectivity index (χ2v) is 9.45. The van der Waals surface area contributed by atoms with E-state index in [2.05, 4.69) is 40.8 Å². The SMILES string of the molecule is Cc1cnc(N2CCC(N3C[C@H](C)OC[C@@H]3Cc3ccc(Cl)cc3)CC2)s1. The van der Waals surface area contributed by atoms with E-state index in [9.17, 15) is 0 Å². The summed E-state index contributed by atoms with van der Waals surface area (Å²) in [6.45, 7) is 8.35. The van der Waals surface area contributed by atoms with Gasteiger partial charge in [0, 0.05) is 47.8 Å². The van der Waals surface area contributed by atoms with Crippen molar-refractivity contribution < 1.29 is 4.74 Å². The molecule has 1 aromatic heterocycles. The fraction of sp³-hybridized carbons (Fsp3) is 0.571. The molecule has 2 atom stereocenters. The second-order valence-electron chi connectivity index (χ2n) is 7.80. The van der Waals surface area contributed by atoms with Crippen molar-refractivity contribution in [2.24, 2.45) is 0 Å². The third-order valence-electron chi connectivity index (χ3n) is 5.71. The van der Waals surface area contributed by atoms with E-state index in [1.165, 1.54) is 28.4 Å². The van der Waals surface area contributed by atoms with Gasteiger partial charge in [0.2, 0.25) is 0 Å². The number of aryl methyl sites for hydroxylation is 1. The van der Waals surface area contributed by atoms with Gasteiger partial charge >= 0.3 is 0 Å². The van der Waals surface area contributed by atoms with Gasteiger partial charge in [-0.15, -0.1) is 11.3 Å². The lowest BCUT2D eigenvalue weighted by Gasteiger charge is -2.46. The largest absolute Gasteiger partial charge is 0.376 e. The van der Waals surface area contributed by atoms with Crippen LogP contribution in [0.5, 0.6) is 0 Å². The molecule has 0 N–H and O–H groups in total. The molecule has 146 valence electrons. The first-order valence-electron chi connectivity index (χ1n) is 9.87. The predicted octanol–water partition coefficient (Wildman–Crippen LogP) is 4.41. The van der Waals surface area contributed by atoms with E-state index in [0.29, 0.717) is 18.2 Å². The van der Waals surface area contributed by atoms with Crippen LogP contribution in [0.4, 0.5) is 5.13 Å². The van der Waals surface area contributed by atoms with Gasteiger partial charge in [-0.1, -0.05) is 23.7 Å². The van der Waals surface area contributed by atoms with Crippen molar-refractivity contribution in [1.82, 2.24) is 9.88 Å². The summed E-state index contributed by atoms with van der Waals surface area (Å²) >= 11 is 7.85. The summed E-state index contributed by atoms with van der Waals surface area (Å²) in [7, 11) is 0. The summed E-state index contributed by atoms with van der Waals surface area (Å²) < 4.78 is 6.01. The quantitative estimate of drug-likeness (QED) is 0.753. The van der Waals surface area contributed by atoms with Crippen molar-refractivity contribution in [2.75, 3.05) is 31.1 Å². The molecule has 4 nitrogen and oxygen atoms in total. The van der Waals surface area contributed by atoms with Crippen molar-refractivity contribution in [3.05, 3.63) is 45.9 Å². The van der Waals surface area contributed by atoms with E-state index in [-0.39, 0.29) is 0 Å². The van der Waals surface area contributed by atoms with Crippen molar-refractivity contribution in [3.63, 3.8) is 0 Å². The summed E-state index contributed by atoms with van der Waals surface area (Å²) in [5.41, 5.74) is 1.34. The summed E-state index contributed by atoms with van der Waals surface area (Å²) in [5, 5.41) is 1.98. The molecule has 2 aliphatic heterocycles. The molecule has 0 unspecified atom stereocenters. The molecule has 6 heteroatoms. The number of morpholine rings is 1. The minimum Gasteiger partial charge on any atom is -0.376 e. The van der Waals surface area contributed by atoms with Crippen molar-refractivity contribution in [2.45, 2.75) is 51.3 Å². The lowest BCUT2D eigenvalue weighted by atomic mass is 9.96. The van der Waals surface area contributed by atoms with Gasteiger partial charge in [0.15, 0.2) is 5.13 Å². The van der Waals surface area contributed by atoms with Crippen molar-refractivity contribution in [3.8, 4) is 0 Å². The molecule has 0 amide bonds. The van der Waals surface area contributed by atoms with Gasteiger partial charge in [-0.05, 0) is 50.8 Å². The molecular formula is C21H28ClN3OS. The third-order valence-corrected chi connectivity index (χ3v) is 6.93. The molecule has 2 aliphatic rings. The number of piperidine rings is 1. The molecule has 1 aromatic carbocycles. The van der Waals surface area contributed by atoms with Gasteiger partial charge in [-0.25, -0.2) is 4.98 Å². The highest BCUT2D eigenvalue weighted by atomic mass is 35.5. The van der Waals surface area contributed by atoms with E-state index in [1.807, 2.05) is 18.3 Å². The molecule has 2 fully saturated rings. The van der Waals surface area contributed by atoms with Crippen molar-refractivity contribution >= 4 is 28.1 Å². The number of anilines is 1. The Labute approximate surface area is 171 Å². The zero-order chi connectivity index (χ0) is 18.8. The average Bonchev–Trinajstić information content (AvgIpc) is 3.11. The molecule has 2 saturated heterocycles. The van der Waals surface area contributed by atoms with E-state index in [4.69, 9.17) is 16.3 Å². The van der Waals surface area contributed by atoms with E-state index in [1.54, 1.807) is 11.3 Å². The first kappa shape index (κ1) is 19.2. The van der Waals surface area contributed by atoms with Crippen LogP contribution in [-0.4, -0.2) is 54.3 Å². The second kappa shape index (κ2) is 8.48. The summed E-state index contributed by atoms with van der Waals surface area (Å²) in [4.78, 5) is 11.0. The zero-order valence-corrected chi connectivity index (χ0v) is 17.7. The van der Waals surface area contributed by atoms with Crippen LogP contribution in [0, 0.1) is 6.92 Å². The number of aromatic nitrogens is 1. The normalized spacial score (nSPS) is 25.1. The van der Waals surface area contributed by atoms with Crippen LogP contribution in [-0.2, 0) is 11.2 Å². The maximum absolute atomic E-state index is 6.05. The molecule has 27 heavy (non-hydrogen) atoms. The van der Waals surface area contributed by atoms with Crippen molar-refractivity contribution in [1.29, 1.82) is 0 Å². The number of ether oxygens (including phenoxy) is 1. The Balaban J connectivity index is 1.41. The van der Waals surface area contributed by atoms with Crippen LogP contribution in [0.1, 0.15) is 30.2 Å². The maximum atomic E-state index is 6.05. The Morgan fingerprint density at radius 3 is 2.63 bits per heavy atom. The summed E-state index contributed by atoms with van der Waals surface area (Å²) in [5.74, 6) is 0. The van der Waals surface area contributed by atoms with Crippen LogP contribution in [0.3, 0.4) is 0 Å². The first-order chi connectivity index (χ1) is 13.1. The number of thiazole rings is 1. The number of benzene rings is 1. The molecule has 2 aromatic rings. The minimum atomic E-state index is 0.311. The molecular weight excluding hydrogens is 378 g/mol. The Morgan fingerprint density at radius 1 is 1.22 bits per heavy atom. The van der Waals surface area contributed by atoms with E-state index < -0.39 is 0 Å². The molecule has 0 bridgehead atoms. The maximum Gasteiger partial charge on any atom is 0.185 e. The van der Waals surface area contributed by atoms with Crippen LogP contribution in [0.15, 0.2) is 30.5 Å². The fourth-order valence-corrected chi connectivity index (χ4v) is 5.20. The van der Waals surface area contributed by atoms with E-state index >= 15 is 0 Å². The highest BCUT2D eigenvalue weighted by Gasteiger charge is 2.34. The zero-order valence-electron chi connectivity index (χ0n) is 16.1. The Hall–Kier alpha value is -1.14. The Morgan fingerprint density at radius 2 is 1.96 bits per heavy atom. The number of nitrogens with zero attached hydrogens (tertiary/aromatic N) is 3. The van der Waals surface area contributed by atoms with Crippen LogP contribution >= 0.6 is 22.9 Å². The summed E-state index contributed by atoms with van der Waals surface area (Å²) in [6.07, 6.45) is 5.71. The lowest BCUT2D eigenvalue weighted by molar-refractivity contribution is -0.0744. The molecule has 4 rings (SSSR count). The number of hydrogen-bond donors (Lipinski definition) is 0.